The number of amides is 1. The third kappa shape index (κ3) is 5.64. The van der Waals surface area contributed by atoms with Crippen LogP contribution in [-0.4, -0.2) is 12.5 Å². The van der Waals surface area contributed by atoms with Crippen LogP contribution in [0.25, 0.3) is 0 Å². The highest BCUT2D eigenvalue weighted by molar-refractivity contribution is 5.75. The highest BCUT2D eigenvalue weighted by Gasteiger charge is 1.97. The van der Waals surface area contributed by atoms with Crippen LogP contribution < -0.4 is 5.32 Å². The minimum atomic E-state index is 0.147. The lowest BCUT2D eigenvalue weighted by Gasteiger charge is -2.01. The van der Waals surface area contributed by atoms with E-state index in [-0.39, 0.29) is 5.91 Å². The largest absolute Gasteiger partial charge is 0.356 e. The third-order valence-electron chi connectivity index (χ3n) is 1.61. The summed E-state index contributed by atoms with van der Waals surface area (Å²) in [5.41, 5.74) is 1.27. The Kier molecular flexibility index (Phi) is 5.53. The van der Waals surface area contributed by atoms with E-state index in [1.54, 1.807) is 0 Å². The normalized spacial score (nSPS) is 11.4. The van der Waals surface area contributed by atoms with Crippen LogP contribution in [0, 0.1) is 0 Å². The summed E-state index contributed by atoms with van der Waals surface area (Å²) in [6, 6.07) is 0. The predicted molar refractivity (Wildman–Crippen MR) is 47.3 cm³/mol. The van der Waals surface area contributed by atoms with Crippen molar-refractivity contribution in [1.29, 1.82) is 0 Å². The fourth-order valence-electron chi connectivity index (χ4n) is 0.741. The molecule has 0 saturated carbocycles. The fourth-order valence-corrected chi connectivity index (χ4v) is 0.741. The van der Waals surface area contributed by atoms with Crippen molar-refractivity contribution in [2.45, 2.75) is 33.6 Å². The molecule has 0 radical (unpaired) electrons. The Labute approximate surface area is 68.7 Å². The van der Waals surface area contributed by atoms with Crippen LogP contribution in [0.4, 0.5) is 0 Å². The van der Waals surface area contributed by atoms with Gasteiger partial charge in [0.15, 0.2) is 0 Å². The minimum Gasteiger partial charge on any atom is -0.356 e. The van der Waals surface area contributed by atoms with Gasteiger partial charge in [-0.2, -0.15) is 0 Å². The van der Waals surface area contributed by atoms with Gasteiger partial charge >= 0.3 is 0 Å². The van der Waals surface area contributed by atoms with Crippen molar-refractivity contribution in [2.24, 2.45) is 0 Å². The Hall–Kier alpha value is -0.790. The van der Waals surface area contributed by atoms with E-state index < -0.39 is 0 Å². The van der Waals surface area contributed by atoms with E-state index in [0.29, 0.717) is 6.42 Å². The van der Waals surface area contributed by atoms with E-state index in [4.69, 9.17) is 0 Å². The SMILES string of the molecule is C/C=C(\C)CCC(=O)NCC. The lowest BCUT2D eigenvalue weighted by molar-refractivity contribution is -0.120. The molecule has 1 N–H and O–H groups in total. The van der Waals surface area contributed by atoms with Gasteiger partial charge in [0.25, 0.3) is 0 Å². The van der Waals surface area contributed by atoms with Gasteiger partial charge in [0.05, 0.1) is 0 Å². The fraction of sp³-hybridized carbons (Fsp3) is 0.667. The summed E-state index contributed by atoms with van der Waals surface area (Å²) < 4.78 is 0. The molecule has 0 aromatic rings. The molecule has 0 saturated heterocycles. The molecule has 11 heavy (non-hydrogen) atoms. The van der Waals surface area contributed by atoms with Crippen LogP contribution in [0.15, 0.2) is 11.6 Å². The first kappa shape index (κ1) is 10.2. The molecular formula is C9H17NO. The molecule has 2 nitrogen and oxygen atoms in total. The van der Waals surface area contributed by atoms with E-state index >= 15 is 0 Å². The molecule has 0 aliphatic rings. The van der Waals surface area contributed by atoms with Gasteiger partial charge in [-0.1, -0.05) is 11.6 Å². The zero-order valence-electron chi connectivity index (χ0n) is 7.61. The maximum absolute atomic E-state index is 10.9. The van der Waals surface area contributed by atoms with Crippen LogP contribution >= 0.6 is 0 Å². The highest BCUT2D eigenvalue weighted by Crippen LogP contribution is 2.02. The number of hydrogen-bond acceptors (Lipinski definition) is 1. The van der Waals surface area contributed by atoms with Gasteiger partial charge in [-0.15, -0.1) is 0 Å². The average molecular weight is 155 g/mol. The molecule has 1 amide bonds. The molecule has 0 atom stereocenters. The van der Waals surface area contributed by atoms with Gasteiger partial charge in [-0.25, -0.2) is 0 Å². The van der Waals surface area contributed by atoms with Crippen molar-refractivity contribution in [3.63, 3.8) is 0 Å². The van der Waals surface area contributed by atoms with Crippen LogP contribution in [0.3, 0.4) is 0 Å². The van der Waals surface area contributed by atoms with Crippen molar-refractivity contribution in [3.05, 3.63) is 11.6 Å². The third-order valence-corrected chi connectivity index (χ3v) is 1.61. The summed E-state index contributed by atoms with van der Waals surface area (Å²) in [5.74, 6) is 0.147. The molecule has 0 aromatic heterocycles. The Balaban J connectivity index is 3.46. The zero-order chi connectivity index (χ0) is 8.69. The molecule has 64 valence electrons. The van der Waals surface area contributed by atoms with Gasteiger partial charge in [0, 0.05) is 13.0 Å². The minimum absolute atomic E-state index is 0.147. The summed E-state index contributed by atoms with van der Waals surface area (Å²) in [5, 5.41) is 2.76. The monoisotopic (exact) mass is 155 g/mol. The van der Waals surface area contributed by atoms with E-state index in [2.05, 4.69) is 5.32 Å². The van der Waals surface area contributed by atoms with E-state index in [1.165, 1.54) is 5.57 Å². The van der Waals surface area contributed by atoms with Gasteiger partial charge in [0.1, 0.15) is 0 Å². The molecule has 0 unspecified atom stereocenters. The number of hydrogen-bond donors (Lipinski definition) is 1. The number of rotatable bonds is 4. The molecule has 0 aliphatic carbocycles. The maximum atomic E-state index is 10.9. The lowest BCUT2D eigenvalue weighted by Crippen LogP contribution is -2.22. The Morgan fingerprint density at radius 2 is 2.09 bits per heavy atom. The van der Waals surface area contributed by atoms with E-state index in [0.717, 1.165) is 13.0 Å². The molecule has 0 aliphatic heterocycles. The average Bonchev–Trinajstić information content (AvgIpc) is 2.01. The van der Waals surface area contributed by atoms with Crippen molar-refractivity contribution < 1.29 is 4.79 Å². The van der Waals surface area contributed by atoms with Crippen LogP contribution in [0.1, 0.15) is 33.6 Å². The highest BCUT2D eigenvalue weighted by atomic mass is 16.1. The summed E-state index contributed by atoms with van der Waals surface area (Å²) in [7, 11) is 0. The Morgan fingerprint density at radius 3 is 2.55 bits per heavy atom. The van der Waals surface area contributed by atoms with Gasteiger partial charge in [-0.05, 0) is 27.2 Å². The summed E-state index contributed by atoms with van der Waals surface area (Å²) in [6.45, 7) is 6.69. The van der Waals surface area contributed by atoms with Crippen LogP contribution in [0.2, 0.25) is 0 Å². The molecule has 0 spiro atoms. The molecule has 2 heteroatoms. The topological polar surface area (TPSA) is 29.1 Å². The van der Waals surface area contributed by atoms with Crippen LogP contribution in [-0.2, 0) is 4.79 Å². The van der Waals surface area contributed by atoms with Gasteiger partial charge in [-0.3, -0.25) is 4.79 Å². The maximum Gasteiger partial charge on any atom is 0.220 e. The van der Waals surface area contributed by atoms with E-state index in [1.807, 2.05) is 26.8 Å². The number of carbonyl (C=O) groups excluding carboxylic acids is 1. The number of carbonyl (C=O) groups is 1. The Morgan fingerprint density at radius 1 is 1.45 bits per heavy atom. The van der Waals surface area contributed by atoms with Gasteiger partial charge < -0.3 is 5.32 Å². The van der Waals surface area contributed by atoms with Crippen molar-refractivity contribution >= 4 is 5.91 Å². The smallest absolute Gasteiger partial charge is 0.220 e. The first-order chi connectivity index (χ1) is 5.20. The molecule has 0 aromatic carbocycles. The summed E-state index contributed by atoms with van der Waals surface area (Å²) in [4.78, 5) is 10.9. The zero-order valence-corrected chi connectivity index (χ0v) is 7.61. The van der Waals surface area contributed by atoms with Crippen molar-refractivity contribution in [1.82, 2.24) is 5.32 Å². The van der Waals surface area contributed by atoms with Crippen molar-refractivity contribution in [2.75, 3.05) is 6.54 Å². The number of nitrogens with one attached hydrogen (secondary N) is 1. The predicted octanol–water partition coefficient (Wildman–Crippen LogP) is 1.87. The second kappa shape index (κ2) is 5.96. The van der Waals surface area contributed by atoms with Crippen molar-refractivity contribution in [3.8, 4) is 0 Å². The van der Waals surface area contributed by atoms with Gasteiger partial charge in [0.2, 0.25) is 5.91 Å². The molecule has 0 bridgehead atoms. The first-order valence-electron chi connectivity index (χ1n) is 4.09. The van der Waals surface area contributed by atoms with E-state index in [9.17, 15) is 4.79 Å². The first-order valence-corrected chi connectivity index (χ1v) is 4.09. The summed E-state index contributed by atoms with van der Waals surface area (Å²) in [6.07, 6.45) is 3.53. The number of allylic oxidation sites excluding steroid dienone is 2. The standard InChI is InChI=1S/C9H17NO/c1-4-8(3)6-7-9(11)10-5-2/h4H,5-7H2,1-3H3,(H,10,11)/b8-4+. The Bertz CT molecular complexity index is 150. The molecule has 0 rings (SSSR count). The van der Waals surface area contributed by atoms with Crippen LogP contribution in [0.5, 0.6) is 0 Å². The quantitative estimate of drug-likeness (QED) is 0.617. The molecule has 0 fully saturated rings. The molecular weight excluding hydrogens is 138 g/mol. The second-order valence-corrected chi connectivity index (χ2v) is 2.59. The summed E-state index contributed by atoms with van der Waals surface area (Å²) >= 11 is 0. The second-order valence-electron chi connectivity index (χ2n) is 2.59. The molecule has 0 heterocycles. The lowest BCUT2D eigenvalue weighted by atomic mass is 10.1.